The van der Waals surface area contributed by atoms with Crippen LogP contribution < -0.4 is 0 Å². The fourth-order valence-corrected chi connectivity index (χ4v) is 8.68. The smallest absolute Gasteiger partial charge is 0.0661 e. The summed E-state index contributed by atoms with van der Waals surface area (Å²) in [7, 11) is 0. The Hall–Kier alpha value is -1.10. The summed E-state index contributed by atoms with van der Waals surface area (Å²) in [6.07, 6.45) is 8.09. The van der Waals surface area contributed by atoms with Crippen LogP contribution in [0.15, 0.2) is 10.3 Å². The van der Waals surface area contributed by atoms with E-state index < -0.39 is 5.60 Å². The first kappa shape index (κ1) is 19.2. The van der Waals surface area contributed by atoms with Crippen LogP contribution in [0.4, 0.5) is 0 Å². The van der Waals surface area contributed by atoms with E-state index in [1.807, 2.05) is 6.92 Å². The molecule has 3 N–H and O–H groups in total. The van der Waals surface area contributed by atoms with Gasteiger partial charge in [0.15, 0.2) is 0 Å². The molecule has 0 aromatic rings. The Morgan fingerprint density at radius 2 is 1.78 bits per heavy atom. The molecule has 4 aliphatic rings. The lowest BCUT2D eigenvalue weighted by Gasteiger charge is -2.65. The van der Waals surface area contributed by atoms with E-state index in [1.54, 1.807) is 0 Å². The molecule has 0 amide bonds. The van der Waals surface area contributed by atoms with Crippen molar-refractivity contribution >= 4 is 11.4 Å². The van der Waals surface area contributed by atoms with Crippen LogP contribution >= 0.6 is 0 Å². The maximum absolute atomic E-state index is 11.8. The van der Waals surface area contributed by atoms with E-state index in [9.17, 15) is 15.5 Å². The fourth-order valence-electron chi connectivity index (χ4n) is 8.68. The molecule has 0 spiro atoms. The molecule has 8 atom stereocenters. The third-order valence-corrected chi connectivity index (χ3v) is 9.49. The Morgan fingerprint density at radius 1 is 1.04 bits per heavy atom. The molecule has 0 unspecified atom stereocenters. The molecule has 4 rings (SSSR count). The molecule has 0 bridgehead atoms. The molecule has 0 saturated heterocycles. The van der Waals surface area contributed by atoms with Crippen LogP contribution in [0.1, 0.15) is 79.1 Å². The highest BCUT2D eigenvalue weighted by Crippen LogP contribution is 2.69. The third-order valence-electron chi connectivity index (χ3n) is 9.49. The average molecular weight is 377 g/mol. The number of oxime groups is 2. The quantitative estimate of drug-likeness (QED) is 0.353. The van der Waals surface area contributed by atoms with Crippen LogP contribution in [0.2, 0.25) is 0 Å². The molecular formula is C22H36N2O3. The van der Waals surface area contributed by atoms with Gasteiger partial charge in [0.1, 0.15) is 0 Å². The van der Waals surface area contributed by atoms with Crippen LogP contribution in [-0.2, 0) is 0 Å². The minimum Gasteiger partial charge on any atom is -0.411 e. The number of hydrogen-bond acceptors (Lipinski definition) is 5. The van der Waals surface area contributed by atoms with E-state index in [0.29, 0.717) is 23.7 Å². The molecule has 4 saturated carbocycles. The van der Waals surface area contributed by atoms with Crippen LogP contribution in [-0.4, -0.2) is 32.5 Å². The lowest BCUT2D eigenvalue weighted by molar-refractivity contribution is -0.206. The summed E-state index contributed by atoms with van der Waals surface area (Å²) < 4.78 is 0. The van der Waals surface area contributed by atoms with Gasteiger partial charge in [-0.15, -0.1) is 0 Å². The molecule has 4 aliphatic carbocycles. The van der Waals surface area contributed by atoms with Gasteiger partial charge in [-0.05, 0) is 99.7 Å². The fraction of sp³-hybridized carbons (Fsp3) is 0.909. The summed E-state index contributed by atoms with van der Waals surface area (Å²) in [6.45, 7) is 8.73. The number of rotatable bonds is 1. The highest BCUT2D eigenvalue weighted by Gasteiger charge is 2.66. The maximum atomic E-state index is 11.8. The number of hydrogen-bond donors (Lipinski definition) is 3. The van der Waals surface area contributed by atoms with E-state index >= 15 is 0 Å². The molecular weight excluding hydrogens is 340 g/mol. The van der Waals surface area contributed by atoms with Gasteiger partial charge in [0.05, 0.1) is 17.0 Å². The van der Waals surface area contributed by atoms with Gasteiger partial charge in [-0.3, -0.25) is 0 Å². The standard InChI is InChI=1S/C22H36N2O3/c1-13(23-26)17-7-8-18-16-6-5-14-11-15(24-27)9-10-20(14,2)19(16)22(4,25)12-21(17,18)3/h14,16-19,25-27H,5-12H2,1-4H3/b23-13+,24-15+/t14-,16+,17-,18+,19+,20+,21-,22+/m1/s1. The van der Waals surface area contributed by atoms with Crippen molar-refractivity contribution in [2.24, 2.45) is 50.7 Å². The zero-order valence-electron chi connectivity index (χ0n) is 17.3. The van der Waals surface area contributed by atoms with Crippen molar-refractivity contribution in [3.05, 3.63) is 0 Å². The lowest BCUT2D eigenvalue weighted by atomic mass is 9.41. The van der Waals surface area contributed by atoms with E-state index in [4.69, 9.17) is 0 Å². The summed E-state index contributed by atoms with van der Waals surface area (Å²) in [5.41, 5.74) is 1.18. The molecule has 152 valence electrons. The Labute approximate surface area is 162 Å². The van der Waals surface area contributed by atoms with Crippen molar-refractivity contribution in [2.45, 2.75) is 84.7 Å². The second kappa shape index (κ2) is 6.20. The molecule has 27 heavy (non-hydrogen) atoms. The normalized spacial score (nSPS) is 54.3. The van der Waals surface area contributed by atoms with Crippen molar-refractivity contribution in [1.82, 2.24) is 0 Å². The largest absolute Gasteiger partial charge is 0.411 e. The van der Waals surface area contributed by atoms with Crippen LogP contribution in [0, 0.1) is 40.4 Å². The predicted molar refractivity (Wildman–Crippen MR) is 105 cm³/mol. The molecule has 5 heteroatoms. The SMILES string of the molecule is C/C(=N\O)[C@H]1CC[C@H]2[C@@H]3CC[C@@H]4C/C(=N/O)CC[C@]4(C)[C@H]3[C@@](C)(O)C[C@]12C. The van der Waals surface area contributed by atoms with Gasteiger partial charge in [-0.1, -0.05) is 24.2 Å². The van der Waals surface area contributed by atoms with E-state index in [-0.39, 0.29) is 16.7 Å². The third kappa shape index (κ3) is 2.60. The van der Waals surface area contributed by atoms with Gasteiger partial charge in [0, 0.05) is 5.92 Å². The summed E-state index contributed by atoms with van der Waals surface area (Å²) in [5, 5.41) is 37.6. The molecule has 0 aromatic carbocycles. The molecule has 0 aromatic heterocycles. The second-order valence-electron chi connectivity index (χ2n) is 10.8. The minimum atomic E-state index is -0.713. The Bertz CT molecular complexity index is 672. The van der Waals surface area contributed by atoms with Gasteiger partial charge in [0.2, 0.25) is 0 Å². The summed E-state index contributed by atoms with van der Waals surface area (Å²) in [5.74, 6) is 2.20. The first-order valence-corrected chi connectivity index (χ1v) is 10.8. The van der Waals surface area contributed by atoms with Crippen molar-refractivity contribution in [3.63, 3.8) is 0 Å². The summed E-state index contributed by atoms with van der Waals surface area (Å²) in [6, 6.07) is 0. The highest BCUT2D eigenvalue weighted by molar-refractivity contribution is 5.85. The number of aliphatic hydroxyl groups is 1. The van der Waals surface area contributed by atoms with Gasteiger partial charge in [0.25, 0.3) is 0 Å². The number of fused-ring (bicyclic) bond motifs is 5. The zero-order valence-corrected chi connectivity index (χ0v) is 17.3. The average Bonchev–Trinajstić information content (AvgIpc) is 2.95. The Kier molecular flexibility index (Phi) is 4.41. The Morgan fingerprint density at radius 3 is 2.44 bits per heavy atom. The van der Waals surface area contributed by atoms with E-state index in [1.165, 1.54) is 6.42 Å². The Balaban J connectivity index is 1.71. The van der Waals surface area contributed by atoms with Gasteiger partial charge in [-0.25, -0.2) is 0 Å². The topological polar surface area (TPSA) is 85.4 Å². The molecule has 0 heterocycles. The molecule has 0 aliphatic heterocycles. The second-order valence-corrected chi connectivity index (χ2v) is 10.8. The monoisotopic (exact) mass is 376 g/mol. The van der Waals surface area contributed by atoms with E-state index in [2.05, 4.69) is 31.1 Å². The minimum absolute atomic E-state index is 0.0105. The van der Waals surface area contributed by atoms with Gasteiger partial charge in [-0.2, -0.15) is 0 Å². The molecule has 0 radical (unpaired) electrons. The first-order chi connectivity index (χ1) is 12.7. The van der Waals surface area contributed by atoms with Crippen molar-refractivity contribution in [2.75, 3.05) is 0 Å². The van der Waals surface area contributed by atoms with Gasteiger partial charge < -0.3 is 15.5 Å². The first-order valence-electron chi connectivity index (χ1n) is 10.8. The van der Waals surface area contributed by atoms with Crippen molar-refractivity contribution < 1.29 is 15.5 Å². The van der Waals surface area contributed by atoms with Crippen molar-refractivity contribution in [3.8, 4) is 0 Å². The molecule has 4 fully saturated rings. The predicted octanol–water partition coefficient (Wildman–Crippen LogP) is 4.69. The summed E-state index contributed by atoms with van der Waals surface area (Å²) >= 11 is 0. The summed E-state index contributed by atoms with van der Waals surface area (Å²) in [4.78, 5) is 0. The zero-order chi connectivity index (χ0) is 19.6. The maximum Gasteiger partial charge on any atom is 0.0661 e. The lowest BCUT2D eigenvalue weighted by Crippen LogP contribution is -2.63. The number of nitrogens with zero attached hydrogens (tertiary/aromatic N) is 2. The van der Waals surface area contributed by atoms with Crippen LogP contribution in [0.3, 0.4) is 0 Å². The van der Waals surface area contributed by atoms with E-state index in [0.717, 1.165) is 56.4 Å². The highest BCUT2D eigenvalue weighted by atomic mass is 16.4. The van der Waals surface area contributed by atoms with Gasteiger partial charge >= 0.3 is 0 Å². The van der Waals surface area contributed by atoms with Crippen LogP contribution in [0.25, 0.3) is 0 Å². The van der Waals surface area contributed by atoms with Crippen molar-refractivity contribution in [1.29, 1.82) is 0 Å². The molecule has 5 nitrogen and oxygen atoms in total. The van der Waals surface area contributed by atoms with Crippen LogP contribution in [0.5, 0.6) is 0 Å².